The smallest absolute Gasteiger partial charge is 0.0835 e. The van der Waals surface area contributed by atoms with Crippen LogP contribution in [0, 0.1) is 0 Å². The largest absolute Gasteiger partial charge is 0.390 e. The maximum Gasteiger partial charge on any atom is 0.0835 e. The minimum Gasteiger partial charge on any atom is -0.390 e. The monoisotopic (exact) mass is 200 g/mol. The quantitative estimate of drug-likeness (QED) is 0.750. The average Bonchev–Trinajstić information content (AvgIpc) is 2.63. The minimum absolute atomic E-state index is 0.0699. The standard InChI is InChI=1S/C11H20O3/c12-10-5-3-6-11(10)14-8-9-4-1-2-7-13-9/h9-12H,1-8H2. The first-order chi connectivity index (χ1) is 6.86. The van der Waals surface area contributed by atoms with Crippen LogP contribution in [0.15, 0.2) is 0 Å². The van der Waals surface area contributed by atoms with Crippen molar-refractivity contribution in [1.29, 1.82) is 0 Å². The molecule has 1 aliphatic heterocycles. The molecule has 0 amide bonds. The minimum atomic E-state index is -0.237. The highest BCUT2D eigenvalue weighted by atomic mass is 16.5. The van der Waals surface area contributed by atoms with Crippen LogP contribution in [0.4, 0.5) is 0 Å². The third kappa shape index (κ3) is 2.69. The summed E-state index contributed by atoms with van der Waals surface area (Å²) in [5, 5.41) is 9.55. The van der Waals surface area contributed by atoms with Crippen LogP contribution in [0.1, 0.15) is 38.5 Å². The Hall–Kier alpha value is -0.120. The Morgan fingerprint density at radius 1 is 1.14 bits per heavy atom. The van der Waals surface area contributed by atoms with Gasteiger partial charge in [-0.1, -0.05) is 0 Å². The molecule has 2 fully saturated rings. The van der Waals surface area contributed by atoms with E-state index < -0.39 is 0 Å². The van der Waals surface area contributed by atoms with Crippen LogP contribution in [0.3, 0.4) is 0 Å². The lowest BCUT2D eigenvalue weighted by molar-refractivity contribution is -0.0846. The molecule has 0 bridgehead atoms. The number of hydrogen-bond acceptors (Lipinski definition) is 3. The molecule has 0 aromatic heterocycles. The normalized spacial score (nSPS) is 38.8. The Morgan fingerprint density at radius 3 is 2.71 bits per heavy atom. The summed E-state index contributed by atoms with van der Waals surface area (Å²) in [4.78, 5) is 0. The van der Waals surface area contributed by atoms with Crippen LogP contribution in [0.2, 0.25) is 0 Å². The molecule has 14 heavy (non-hydrogen) atoms. The van der Waals surface area contributed by atoms with Gasteiger partial charge in [-0.25, -0.2) is 0 Å². The second-order valence-electron chi connectivity index (χ2n) is 4.36. The topological polar surface area (TPSA) is 38.7 Å². The summed E-state index contributed by atoms with van der Waals surface area (Å²) in [5.74, 6) is 0. The summed E-state index contributed by atoms with van der Waals surface area (Å²) in [5.41, 5.74) is 0. The maximum absolute atomic E-state index is 9.55. The van der Waals surface area contributed by atoms with Gasteiger partial charge in [-0.05, 0) is 38.5 Å². The summed E-state index contributed by atoms with van der Waals surface area (Å²) in [7, 11) is 0. The van der Waals surface area contributed by atoms with Crippen molar-refractivity contribution in [2.75, 3.05) is 13.2 Å². The maximum atomic E-state index is 9.55. The lowest BCUT2D eigenvalue weighted by Gasteiger charge is -2.24. The van der Waals surface area contributed by atoms with Crippen molar-refractivity contribution in [3.8, 4) is 0 Å². The zero-order valence-corrected chi connectivity index (χ0v) is 8.65. The van der Waals surface area contributed by atoms with Crippen molar-refractivity contribution >= 4 is 0 Å². The number of aliphatic hydroxyl groups excluding tert-OH is 1. The Balaban J connectivity index is 1.65. The van der Waals surface area contributed by atoms with Crippen molar-refractivity contribution in [1.82, 2.24) is 0 Å². The van der Waals surface area contributed by atoms with Gasteiger partial charge in [-0.3, -0.25) is 0 Å². The highest BCUT2D eigenvalue weighted by Gasteiger charge is 2.27. The molecule has 2 rings (SSSR count). The predicted molar refractivity (Wildman–Crippen MR) is 53.2 cm³/mol. The van der Waals surface area contributed by atoms with Crippen molar-refractivity contribution in [3.63, 3.8) is 0 Å². The van der Waals surface area contributed by atoms with Crippen LogP contribution in [-0.2, 0) is 9.47 Å². The van der Waals surface area contributed by atoms with Gasteiger partial charge in [0.2, 0.25) is 0 Å². The van der Waals surface area contributed by atoms with E-state index in [4.69, 9.17) is 9.47 Å². The van der Waals surface area contributed by atoms with Crippen molar-refractivity contribution < 1.29 is 14.6 Å². The van der Waals surface area contributed by atoms with Gasteiger partial charge < -0.3 is 14.6 Å². The summed E-state index contributed by atoms with van der Waals surface area (Å²) in [6.45, 7) is 1.54. The van der Waals surface area contributed by atoms with Gasteiger partial charge in [0.1, 0.15) is 0 Å². The van der Waals surface area contributed by atoms with Crippen LogP contribution in [0.5, 0.6) is 0 Å². The van der Waals surface area contributed by atoms with E-state index in [0.29, 0.717) is 6.61 Å². The van der Waals surface area contributed by atoms with Crippen molar-refractivity contribution in [3.05, 3.63) is 0 Å². The summed E-state index contributed by atoms with van der Waals surface area (Å²) in [6.07, 6.45) is 6.66. The van der Waals surface area contributed by atoms with E-state index in [9.17, 15) is 5.11 Å². The molecular formula is C11H20O3. The molecule has 1 saturated heterocycles. The first kappa shape index (κ1) is 10.4. The Kier molecular flexibility index (Phi) is 3.79. The fourth-order valence-electron chi connectivity index (χ4n) is 2.27. The van der Waals surface area contributed by atoms with E-state index in [1.165, 1.54) is 12.8 Å². The fraction of sp³-hybridized carbons (Fsp3) is 1.00. The lowest BCUT2D eigenvalue weighted by atomic mass is 10.1. The van der Waals surface area contributed by atoms with Gasteiger partial charge >= 0.3 is 0 Å². The van der Waals surface area contributed by atoms with E-state index in [0.717, 1.165) is 32.3 Å². The SMILES string of the molecule is OC1CCCC1OCC1CCCCO1. The fourth-order valence-corrected chi connectivity index (χ4v) is 2.27. The van der Waals surface area contributed by atoms with Crippen molar-refractivity contribution in [2.24, 2.45) is 0 Å². The lowest BCUT2D eigenvalue weighted by Crippen LogP contribution is -2.30. The number of rotatable bonds is 3. The first-order valence-corrected chi connectivity index (χ1v) is 5.77. The first-order valence-electron chi connectivity index (χ1n) is 5.77. The van der Waals surface area contributed by atoms with Crippen LogP contribution in [-0.4, -0.2) is 36.6 Å². The summed E-state index contributed by atoms with van der Waals surface area (Å²) in [6, 6.07) is 0. The number of aliphatic hydroxyl groups is 1. The summed E-state index contributed by atoms with van der Waals surface area (Å²) < 4.78 is 11.2. The van der Waals surface area contributed by atoms with E-state index >= 15 is 0 Å². The molecule has 82 valence electrons. The zero-order valence-electron chi connectivity index (χ0n) is 8.65. The number of hydrogen-bond donors (Lipinski definition) is 1. The Labute approximate surface area is 85.4 Å². The highest BCUT2D eigenvalue weighted by Crippen LogP contribution is 2.23. The van der Waals surface area contributed by atoms with Gasteiger partial charge in [-0.2, -0.15) is 0 Å². The van der Waals surface area contributed by atoms with Gasteiger partial charge in [-0.15, -0.1) is 0 Å². The summed E-state index contributed by atoms with van der Waals surface area (Å²) >= 11 is 0. The average molecular weight is 200 g/mol. The molecule has 0 spiro atoms. The highest BCUT2D eigenvalue weighted by molar-refractivity contribution is 4.77. The molecule has 0 aromatic carbocycles. The van der Waals surface area contributed by atoms with Gasteiger partial charge in [0.15, 0.2) is 0 Å². The molecule has 1 heterocycles. The second kappa shape index (κ2) is 5.10. The Morgan fingerprint density at radius 2 is 2.07 bits per heavy atom. The van der Waals surface area contributed by atoms with Crippen molar-refractivity contribution in [2.45, 2.75) is 56.8 Å². The van der Waals surface area contributed by atoms with E-state index in [1.807, 2.05) is 0 Å². The predicted octanol–water partition coefficient (Wildman–Crippen LogP) is 1.49. The van der Waals surface area contributed by atoms with E-state index in [-0.39, 0.29) is 18.3 Å². The van der Waals surface area contributed by atoms with Crippen LogP contribution >= 0.6 is 0 Å². The molecule has 3 heteroatoms. The molecular weight excluding hydrogens is 180 g/mol. The third-order valence-corrected chi connectivity index (χ3v) is 3.19. The van der Waals surface area contributed by atoms with Gasteiger partial charge in [0.25, 0.3) is 0 Å². The van der Waals surface area contributed by atoms with E-state index in [2.05, 4.69) is 0 Å². The van der Waals surface area contributed by atoms with Crippen LogP contribution in [0.25, 0.3) is 0 Å². The third-order valence-electron chi connectivity index (χ3n) is 3.19. The molecule has 1 saturated carbocycles. The second-order valence-corrected chi connectivity index (χ2v) is 4.36. The molecule has 1 N–H and O–H groups in total. The molecule has 3 unspecified atom stereocenters. The molecule has 3 atom stereocenters. The Bertz CT molecular complexity index is 166. The molecule has 0 radical (unpaired) electrons. The van der Waals surface area contributed by atoms with Crippen LogP contribution < -0.4 is 0 Å². The molecule has 0 aromatic rings. The number of ether oxygens (including phenoxy) is 2. The zero-order chi connectivity index (χ0) is 9.80. The molecule has 2 aliphatic rings. The van der Waals surface area contributed by atoms with Gasteiger partial charge in [0, 0.05) is 6.61 Å². The molecule has 3 nitrogen and oxygen atoms in total. The van der Waals surface area contributed by atoms with E-state index in [1.54, 1.807) is 0 Å². The molecule has 1 aliphatic carbocycles. The van der Waals surface area contributed by atoms with Gasteiger partial charge in [0.05, 0.1) is 24.9 Å².